The summed E-state index contributed by atoms with van der Waals surface area (Å²) in [5.74, 6) is 0.664. The third-order valence-corrected chi connectivity index (χ3v) is 4.70. The number of anilines is 2. The molecule has 34 heavy (non-hydrogen) atoms. The molecule has 0 radical (unpaired) electrons. The molecule has 2 N–H and O–H groups in total. The first kappa shape index (κ1) is 22.0. The minimum atomic E-state index is -0.485. The molecule has 0 unspecified atom stereocenters. The molecule has 4 rings (SSSR count). The van der Waals surface area contributed by atoms with E-state index >= 15 is 0 Å². The first-order valence-electron chi connectivity index (χ1n) is 9.85. The maximum absolute atomic E-state index is 11.1. The van der Waals surface area contributed by atoms with Gasteiger partial charge in [0, 0.05) is 22.9 Å². The van der Waals surface area contributed by atoms with Crippen LogP contribution in [0.15, 0.2) is 83.0 Å². The average molecular weight is 456 g/mol. The van der Waals surface area contributed by atoms with E-state index < -0.39 is 9.85 Å². The van der Waals surface area contributed by atoms with Crippen molar-refractivity contribution in [1.82, 2.24) is 10.2 Å². The van der Waals surface area contributed by atoms with Crippen LogP contribution >= 0.6 is 0 Å². The van der Waals surface area contributed by atoms with E-state index in [0.717, 1.165) is 0 Å². The molecular formula is C22H16N8O4. The van der Waals surface area contributed by atoms with Gasteiger partial charge in [-0.25, -0.2) is 0 Å². The lowest BCUT2D eigenvalue weighted by atomic mass is 10.2. The summed E-state index contributed by atoms with van der Waals surface area (Å²) in [5, 5.41) is 40.0. The molecule has 0 saturated heterocycles. The Kier molecular flexibility index (Phi) is 6.40. The molecule has 0 aliphatic rings. The largest absolute Gasteiger partial charge is 0.278 e. The normalized spacial score (nSPS) is 11.2. The molecule has 12 nitrogen and oxygen atoms in total. The maximum Gasteiger partial charge on any atom is 0.278 e. The molecule has 0 spiro atoms. The zero-order valence-electron chi connectivity index (χ0n) is 17.4. The number of rotatable bonds is 8. The second-order valence-corrected chi connectivity index (χ2v) is 6.81. The van der Waals surface area contributed by atoms with Gasteiger partial charge in [-0.15, -0.1) is 10.2 Å². The number of nitrogens with one attached hydrogen (secondary N) is 2. The molecule has 3 aromatic carbocycles. The molecule has 0 bridgehead atoms. The van der Waals surface area contributed by atoms with Gasteiger partial charge in [0.1, 0.15) is 0 Å². The lowest BCUT2D eigenvalue weighted by Gasteiger charge is -2.08. The predicted octanol–water partition coefficient (Wildman–Crippen LogP) is 4.34. The summed E-state index contributed by atoms with van der Waals surface area (Å²) in [6.07, 6.45) is 2.66. The lowest BCUT2D eigenvalue weighted by molar-refractivity contribution is -0.385. The molecule has 1 heterocycles. The van der Waals surface area contributed by atoms with Crippen LogP contribution in [0.3, 0.4) is 0 Å². The summed E-state index contributed by atoms with van der Waals surface area (Å²) < 4.78 is 0. The van der Waals surface area contributed by atoms with E-state index in [0.29, 0.717) is 33.5 Å². The van der Waals surface area contributed by atoms with Crippen LogP contribution in [0.2, 0.25) is 0 Å². The van der Waals surface area contributed by atoms with E-state index in [1.54, 1.807) is 60.7 Å². The molecule has 0 atom stereocenters. The molecule has 0 saturated carbocycles. The van der Waals surface area contributed by atoms with Crippen LogP contribution in [0.4, 0.5) is 23.0 Å². The van der Waals surface area contributed by atoms with Gasteiger partial charge < -0.3 is 0 Å². The number of benzene rings is 3. The van der Waals surface area contributed by atoms with Crippen LogP contribution in [-0.2, 0) is 0 Å². The Morgan fingerprint density at radius 1 is 0.647 bits per heavy atom. The van der Waals surface area contributed by atoms with Gasteiger partial charge >= 0.3 is 0 Å². The molecule has 0 amide bonds. The Balaban J connectivity index is 1.56. The first-order chi connectivity index (χ1) is 16.5. The van der Waals surface area contributed by atoms with Gasteiger partial charge in [0.2, 0.25) is 0 Å². The number of fused-ring (bicyclic) bond motifs is 1. The minimum Gasteiger partial charge on any atom is -0.259 e. The Hall–Kier alpha value is -5.26. The van der Waals surface area contributed by atoms with Gasteiger partial charge in [-0.1, -0.05) is 48.5 Å². The summed E-state index contributed by atoms with van der Waals surface area (Å²) in [5.41, 5.74) is 6.05. The Morgan fingerprint density at radius 3 is 1.44 bits per heavy atom. The van der Waals surface area contributed by atoms with Gasteiger partial charge in [-0.3, -0.25) is 31.1 Å². The van der Waals surface area contributed by atoms with Gasteiger partial charge in [0.15, 0.2) is 11.6 Å². The number of nitro groups is 2. The van der Waals surface area contributed by atoms with Crippen LogP contribution in [-0.4, -0.2) is 32.5 Å². The van der Waals surface area contributed by atoms with Crippen LogP contribution in [0.25, 0.3) is 10.8 Å². The van der Waals surface area contributed by atoms with Crippen molar-refractivity contribution >= 4 is 46.2 Å². The fraction of sp³-hybridized carbons (Fsp3) is 0. The van der Waals surface area contributed by atoms with Crippen LogP contribution in [0.5, 0.6) is 0 Å². The lowest BCUT2D eigenvalue weighted by Crippen LogP contribution is -2.02. The topological polar surface area (TPSA) is 161 Å². The highest BCUT2D eigenvalue weighted by Gasteiger charge is 2.12. The van der Waals surface area contributed by atoms with Crippen LogP contribution in [0, 0.1) is 20.2 Å². The summed E-state index contributed by atoms with van der Waals surface area (Å²) in [7, 11) is 0. The number of hydrogen-bond acceptors (Lipinski definition) is 10. The molecule has 1 aromatic heterocycles. The molecule has 168 valence electrons. The van der Waals surface area contributed by atoms with Crippen LogP contribution < -0.4 is 10.9 Å². The van der Waals surface area contributed by atoms with Crippen molar-refractivity contribution in [3.05, 3.63) is 104 Å². The van der Waals surface area contributed by atoms with Crippen molar-refractivity contribution in [2.75, 3.05) is 10.9 Å². The number of hydrazone groups is 2. The quantitative estimate of drug-likeness (QED) is 0.225. The van der Waals surface area contributed by atoms with Crippen molar-refractivity contribution in [2.24, 2.45) is 10.2 Å². The van der Waals surface area contributed by atoms with E-state index in [1.807, 2.05) is 0 Å². The molecule has 0 fully saturated rings. The highest BCUT2D eigenvalue weighted by atomic mass is 16.6. The number of para-hydroxylation sites is 2. The van der Waals surface area contributed by atoms with Crippen molar-refractivity contribution in [1.29, 1.82) is 0 Å². The standard InChI is InChI=1S/C22H16N8O4/c31-29(32)19-11-5-1-7-15(19)13-23-25-21-17-9-3-4-10-18(17)22(28-27-21)26-24-14-16-8-2-6-12-20(16)30(33)34/h1-14H,(H,25,27)(H,26,28)/b23-13-,24-14+. The van der Waals surface area contributed by atoms with Gasteiger partial charge in [-0.2, -0.15) is 10.2 Å². The van der Waals surface area contributed by atoms with E-state index in [2.05, 4.69) is 31.3 Å². The predicted molar refractivity (Wildman–Crippen MR) is 128 cm³/mol. The second-order valence-electron chi connectivity index (χ2n) is 6.81. The summed E-state index contributed by atoms with van der Waals surface area (Å²) in [6.45, 7) is 0. The monoisotopic (exact) mass is 456 g/mol. The first-order valence-corrected chi connectivity index (χ1v) is 9.85. The zero-order chi connectivity index (χ0) is 23.9. The number of nitrogens with zero attached hydrogens (tertiary/aromatic N) is 6. The van der Waals surface area contributed by atoms with Crippen LogP contribution in [0.1, 0.15) is 11.1 Å². The smallest absolute Gasteiger partial charge is 0.259 e. The Morgan fingerprint density at radius 2 is 1.03 bits per heavy atom. The van der Waals surface area contributed by atoms with Gasteiger partial charge in [-0.05, 0) is 12.1 Å². The van der Waals surface area contributed by atoms with Crippen molar-refractivity contribution in [3.63, 3.8) is 0 Å². The highest BCUT2D eigenvalue weighted by molar-refractivity contribution is 5.99. The molecule has 0 aliphatic heterocycles. The summed E-state index contributed by atoms with van der Waals surface area (Å²) in [6, 6.07) is 19.6. The van der Waals surface area contributed by atoms with Crippen molar-refractivity contribution in [2.45, 2.75) is 0 Å². The van der Waals surface area contributed by atoms with Gasteiger partial charge in [0.25, 0.3) is 11.4 Å². The number of nitro benzene ring substituents is 2. The molecule has 4 aromatic rings. The SMILES string of the molecule is O=[N+]([O-])c1ccccc1/C=N\Nc1nnc(N/N=C/c2ccccc2[N+](=O)[O-])c2ccccc12. The molecular weight excluding hydrogens is 440 g/mol. The number of hydrogen-bond donors (Lipinski definition) is 2. The number of aromatic nitrogens is 2. The van der Waals surface area contributed by atoms with Crippen molar-refractivity contribution < 1.29 is 9.85 Å². The Bertz CT molecular complexity index is 1330. The summed E-state index contributed by atoms with van der Waals surface area (Å²) in [4.78, 5) is 21.3. The van der Waals surface area contributed by atoms with E-state index in [1.165, 1.54) is 24.6 Å². The third-order valence-electron chi connectivity index (χ3n) is 4.70. The fourth-order valence-electron chi connectivity index (χ4n) is 3.12. The fourth-order valence-corrected chi connectivity index (χ4v) is 3.12. The maximum atomic E-state index is 11.1. The van der Waals surface area contributed by atoms with E-state index in [4.69, 9.17) is 0 Å². The summed E-state index contributed by atoms with van der Waals surface area (Å²) >= 11 is 0. The van der Waals surface area contributed by atoms with E-state index in [9.17, 15) is 20.2 Å². The Labute approximate surface area is 192 Å². The zero-order valence-corrected chi connectivity index (χ0v) is 17.4. The molecule has 12 heteroatoms. The highest BCUT2D eigenvalue weighted by Crippen LogP contribution is 2.26. The minimum absolute atomic E-state index is 0.0694. The van der Waals surface area contributed by atoms with Crippen molar-refractivity contribution in [3.8, 4) is 0 Å². The molecule has 0 aliphatic carbocycles. The third kappa shape index (κ3) is 4.80. The van der Waals surface area contributed by atoms with Gasteiger partial charge in [0.05, 0.1) is 33.4 Å². The average Bonchev–Trinajstić information content (AvgIpc) is 2.85. The second kappa shape index (κ2) is 9.91. The van der Waals surface area contributed by atoms with E-state index in [-0.39, 0.29) is 11.4 Å².